The number of rotatable bonds is 1. The highest BCUT2D eigenvalue weighted by molar-refractivity contribution is 5.80. The average Bonchev–Trinajstić information content (AvgIpc) is 2.45. The highest BCUT2D eigenvalue weighted by Crippen LogP contribution is 2.40. The molecule has 3 nitrogen and oxygen atoms in total. The van der Waals surface area contributed by atoms with Gasteiger partial charge in [0.15, 0.2) is 0 Å². The van der Waals surface area contributed by atoms with Gasteiger partial charge in [-0.1, -0.05) is 0 Å². The SMILES string of the molecule is [2H]C([2H])(O)[C@]12CCC(=O)N1C[C@@]([2H])(F)C2. The van der Waals surface area contributed by atoms with Crippen molar-refractivity contribution in [1.29, 1.82) is 0 Å². The Morgan fingerprint density at radius 3 is 3.33 bits per heavy atom. The molecule has 2 atom stereocenters. The zero-order valence-electron chi connectivity index (χ0n) is 9.51. The van der Waals surface area contributed by atoms with Crippen LogP contribution in [0.15, 0.2) is 0 Å². The zero-order valence-corrected chi connectivity index (χ0v) is 6.51. The van der Waals surface area contributed by atoms with Crippen molar-refractivity contribution in [2.75, 3.05) is 13.1 Å². The Kier molecular flexibility index (Phi) is 1.04. The number of aliphatic hydroxyl groups is 1. The topological polar surface area (TPSA) is 40.5 Å². The van der Waals surface area contributed by atoms with Crippen LogP contribution in [0.2, 0.25) is 0 Å². The average molecular weight is 176 g/mol. The van der Waals surface area contributed by atoms with Crippen LogP contribution in [0.5, 0.6) is 0 Å². The molecule has 0 aromatic heterocycles. The molecule has 0 unspecified atom stereocenters. The molecule has 0 spiro atoms. The van der Waals surface area contributed by atoms with E-state index in [0.717, 1.165) is 4.90 Å². The minimum absolute atomic E-state index is 0.0693. The van der Waals surface area contributed by atoms with Crippen molar-refractivity contribution in [1.82, 2.24) is 4.90 Å². The van der Waals surface area contributed by atoms with Crippen molar-refractivity contribution in [3.63, 3.8) is 0 Å². The van der Waals surface area contributed by atoms with E-state index in [1.807, 2.05) is 0 Å². The van der Waals surface area contributed by atoms with E-state index in [2.05, 4.69) is 0 Å². The molecule has 0 aromatic carbocycles. The molecule has 0 bridgehead atoms. The number of carbonyl (C=O) groups is 1. The Bertz CT molecular complexity index is 317. The summed E-state index contributed by atoms with van der Waals surface area (Å²) in [7, 11) is 0. The largest absolute Gasteiger partial charge is 0.394 e. The summed E-state index contributed by atoms with van der Waals surface area (Å²) in [5, 5.41) is 9.42. The molecular formula is C8H12FNO2. The number of halogens is 1. The van der Waals surface area contributed by atoms with Gasteiger partial charge in [0.1, 0.15) is 6.15 Å². The molecule has 0 aliphatic carbocycles. The second kappa shape index (κ2) is 2.42. The van der Waals surface area contributed by atoms with Crippen LogP contribution in [0, 0.1) is 0 Å². The summed E-state index contributed by atoms with van der Waals surface area (Å²) in [6, 6.07) is 0. The third-order valence-electron chi connectivity index (χ3n) is 2.59. The van der Waals surface area contributed by atoms with E-state index in [4.69, 9.17) is 4.11 Å². The molecular weight excluding hydrogens is 161 g/mol. The highest BCUT2D eigenvalue weighted by Gasteiger charge is 2.51. The van der Waals surface area contributed by atoms with Gasteiger partial charge in [-0.05, 0) is 6.42 Å². The fourth-order valence-corrected chi connectivity index (χ4v) is 1.95. The summed E-state index contributed by atoms with van der Waals surface area (Å²) >= 11 is 0. The molecule has 1 N–H and O–H groups in total. The van der Waals surface area contributed by atoms with Gasteiger partial charge < -0.3 is 10.0 Å². The molecule has 2 aliphatic rings. The van der Waals surface area contributed by atoms with Gasteiger partial charge in [0.05, 0.1) is 22.8 Å². The Hall–Kier alpha value is -0.640. The number of amides is 1. The van der Waals surface area contributed by atoms with Crippen molar-refractivity contribution in [2.24, 2.45) is 0 Å². The molecule has 1 amide bonds. The van der Waals surface area contributed by atoms with Crippen LogP contribution >= 0.6 is 0 Å². The standard InChI is InChI=1S/C8H12FNO2/c9-6-3-8(5-11)2-1-7(12)10(8)4-6/h6,11H,1-5H2/t6-,8+/m0/s1/i5D2,6D. The van der Waals surface area contributed by atoms with Crippen molar-refractivity contribution in [2.45, 2.75) is 30.9 Å². The first-order valence-corrected chi connectivity index (χ1v) is 3.90. The maximum Gasteiger partial charge on any atom is 0.223 e. The molecule has 2 heterocycles. The van der Waals surface area contributed by atoms with Crippen LogP contribution in [0.25, 0.3) is 0 Å². The first-order valence-electron chi connectivity index (χ1n) is 5.40. The van der Waals surface area contributed by atoms with E-state index in [1.165, 1.54) is 0 Å². The zero-order chi connectivity index (χ0) is 11.5. The molecule has 2 rings (SSSR count). The monoisotopic (exact) mass is 176 g/mol. The second-order valence-electron chi connectivity index (χ2n) is 3.32. The highest BCUT2D eigenvalue weighted by atomic mass is 19.1. The summed E-state index contributed by atoms with van der Waals surface area (Å²) in [5.41, 5.74) is -1.54. The van der Waals surface area contributed by atoms with Gasteiger partial charge in [-0.2, -0.15) is 0 Å². The van der Waals surface area contributed by atoms with Crippen LogP contribution in [0.1, 0.15) is 23.4 Å². The van der Waals surface area contributed by atoms with Crippen molar-refractivity contribution in [3.8, 4) is 0 Å². The predicted molar refractivity (Wildman–Crippen MR) is 40.3 cm³/mol. The fraction of sp³-hybridized carbons (Fsp3) is 0.875. The first kappa shape index (κ1) is 5.17. The van der Waals surface area contributed by atoms with Crippen LogP contribution in [-0.4, -0.2) is 40.7 Å². The third kappa shape index (κ3) is 0.874. The molecule has 0 saturated carbocycles. The number of hydrogen-bond donors (Lipinski definition) is 1. The summed E-state index contributed by atoms with van der Waals surface area (Å²) in [6.07, 6.45) is -2.64. The van der Waals surface area contributed by atoms with Crippen molar-refractivity contribution >= 4 is 5.91 Å². The summed E-state index contributed by atoms with van der Waals surface area (Å²) in [6.45, 7) is -3.11. The number of alkyl halides is 1. The molecule has 2 aliphatic heterocycles. The van der Waals surface area contributed by atoms with Crippen LogP contribution in [-0.2, 0) is 4.79 Å². The van der Waals surface area contributed by atoms with Gasteiger partial charge >= 0.3 is 0 Å². The molecule has 68 valence electrons. The predicted octanol–water partition coefficient (Wildman–Crippen LogP) is 0.0817. The number of hydrogen-bond acceptors (Lipinski definition) is 2. The van der Waals surface area contributed by atoms with Crippen LogP contribution < -0.4 is 0 Å². The van der Waals surface area contributed by atoms with Gasteiger partial charge in [0.25, 0.3) is 0 Å². The molecule has 2 fully saturated rings. The summed E-state index contributed by atoms with van der Waals surface area (Å²) in [5.74, 6) is -0.389. The minimum Gasteiger partial charge on any atom is -0.394 e. The van der Waals surface area contributed by atoms with Gasteiger partial charge in [0.2, 0.25) is 5.91 Å². The number of fused-ring (bicyclic) bond motifs is 1. The quantitative estimate of drug-likeness (QED) is 0.614. The number of nitrogens with zero attached hydrogens (tertiary/aromatic N) is 1. The van der Waals surface area contributed by atoms with Crippen molar-refractivity contribution in [3.05, 3.63) is 0 Å². The van der Waals surface area contributed by atoms with Gasteiger partial charge in [-0.25, -0.2) is 4.39 Å². The van der Waals surface area contributed by atoms with Crippen LogP contribution in [0.3, 0.4) is 0 Å². The van der Waals surface area contributed by atoms with Crippen LogP contribution in [0.4, 0.5) is 4.39 Å². The third-order valence-corrected chi connectivity index (χ3v) is 2.59. The van der Waals surface area contributed by atoms with E-state index in [9.17, 15) is 14.3 Å². The Morgan fingerprint density at radius 1 is 2.00 bits per heavy atom. The molecule has 0 aromatic rings. The van der Waals surface area contributed by atoms with E-state index in [-0.39, 0.29) is 18.7 Å². The van der Waals surface area contributed by atoms with Crippen molar-refractivity contribution < 1.29 is 18.4 Å². The van der Waals surface area contributed by atoms with E-state index >= 15 is 0 Å². The molecule has 4 heteroatoms. The Morgan fingerprint density at radius 2 is 2.75 bits per heavy atom. The van der Waals surface area contributed by atoms with Gasteiger partial charge in [0, 0.05) is 12.8 Å². The Labute approximate surface area is 74.4 Å². The van der Waals surface area contributed by atoms with E-state index in [1.54, 1.807) is 0 Å². The molecule has 12 heavy (non-hydrogen) atoms. The maximum atomic E-state index is 13.5. The summed E-state index contributed by atoms with van der Waals surface area (Å²) < 4.78 is 35.3. The summed E-state index contributed by atoms with van der Waals surface area (Å²) in [4.78, 5) is 12.4. The van der Waals surface area contributed by atoms with Gasteiger partial charge in [-0.15, -0.1) is 0 Å². The lowest BCUT2D eigenvalue weighted by atomic mass is 9.95. The lowest BCUT2D eigenvalue weighted by Gasteiger charge is -2.28. The van der Waals surface area contributed by atoms with Gasteiger partial charge in [-0.3, -0.25) is 4.79 Å². The van der Waals surface area contributed by atoms with E-state index in [0.29, 0.717) is 0 Å². The fourth-order valence-electron chi connectivity index (χ4n) is 1.95. The number of carbonyl (C=O) groups excluding carboxylic acids is 1. The smallest absolute Gasteiger partial charge is 0.223 e. The second-order valence-corrected chi connectivity index (χ2v) is 3.32. The first-order chi connectivity index (χ1) is 6.68. The Balaban J connectivity index is 2.41. The molecule has 2 saturated heterocycles. The molecule has 0 radical (unpaired) electrons. The normalized spacial score (nSPS) is 51.7. The minimum atomic E-state index is -2.66. The van der Waals surface area contributed by atoms with E-state index < -0.39 is 31.2 Å². The lowest BCUT2D eigenvalue weighted by molar-refractivity contribution is -0.130. The lowest BCUT2D eigenvalue weighted by Crippen LogP contribution is -2.43. The maximum absolute atomic E-state index is 13.5.